The van der Waals surface area contributed by atoms with Gasteiger partial charge in [-0.3, -0.25) is 4.79 Å². The number of nitrogens with zero attached hydrogens (tertiary/aromatic N) is 2. The molecular weight excluding hydrogens is 422 g/mol. The second-order valence-corrected chi connectivity index (χ2v) is 8.13. The number of likely N-dealkylation sites (tertiary alicyclic amines) is 1. The average Bonchev–Trinajstić information content (AvgIpc) is 2.74. The zero-order valence-corrected chi connectivity index (χ0v) is 17.3. The van der Waals surface area contributed by atoms with Gasteiger partial charge in [-0.2, -0.15) is 0 Å². The Morgan fingerprint density at radius 2 is 2.07 bits per heavy atom. The number of anilines is 1. The number of carbonyl (C=O) groups is 1. The molecule has 4 rings (SSSR count). The van der Waals surface area contributed by atoms with Crippen molar-refractivity contribution in [3.05, 3.63) is 46.6 Å². The van der Waals surface area contributed by atoms with E-state index in [1.807, 2.05) is 18.2 Å². The first-order valence-corrected chi connectivity index (χ1v) is 10.5. The van der Waals surface area contributed by atoms with Crippen LogP contribution in [0.15, 0.2) is 41.0 Å². The Morgan fingerprint density at radius 1 is 1.21 bits per heavy atom. The van der Waals surface area contributed by atoms with E-state index in [0.29, 0.717) is 19.0 Å². The van der Waals surface area contributed by atoms with Crippen molar-refractivity contribution >= 4 is 27.7 Å². The van der Waals surface area contributed by atoms with Crippen LogP contribution in [0.1, 0.15) is 18.4 Å². The minimum Gasteiger partial charge on any atom is -0.486 e. The van der Waals surface area contributed by atoms with Crippen LogP contribution in [0.25, 0.3) is 0 Å². The largest absolute Gasteiger partial charge is 0.486 e. The molecule has 0 bridgehead atoms. The van der Waals surface area contributed by atoms with Crippen molar-refractivity contribution in [3.63, 3.8) is 0 Å². The molecule has 1 amide bonds. The molecule has 1 aromatic heterocycles. The highest BCUT2D eigenvalue weighted by Gasteiger charge is 2.26. The van der Waals surface area contributed by atoms with E-state index in [1.165, 1.54) is 5.56 Å². The lowest BCUT2D eigenvalue weighted by molar-refractivity contribution is -0.121. The molecule has 0 saturated carbocycles. The average molecular weight is 446 g/mol. The van der Waals surface area contributed by atoms with Crippen molar-refractivity contribution in [3.8, 4) is 11.5 Å². The van der Waals surface area contributed by atoms with Crippen LogP contribution in [0.5, 0.6) is 11.5 Å². The molecule has 0 unspecified atom stereocenters. The zero-order chi connectivity index (χ0) is 19.3. The lowest BCUT2D eigenvalue weighted by atomic mass is 9.96. The minimum atomic E-state index is -0.000497. The molecule has 2 aliphatic rings. The molecule has 1 N–H and O–H groups in total. The number of halogens is 1. The van der Waals surface area contributed by atoms with Gasteiger partial charge < -0.3 is 19.7 Å². The van der Waals surface area contributed by atoms with Gasteiger partial charge in [-0.15, -0.1) is 0 Å². The normalized spacial score (nSPS) is 19.2. The Bertz CT molecular complexity index is 828. The number of nitrogens with one attached hydrogen (secondary N) is 1. The first-order chi connectivity index (χ1) is 13.7. The van der Waals surface area contributed by atoms with Gasteiger partial charge >= 0.3 is 0 Å². The molecule has 3 heterocycles. The molecule has 2 aliphatic heterocycles. The molecular formula is C21H24BrN3O3. The van der Waals surface area contributed by atoms with E-state index >= 15 is 0 Å². The Kier molecular flexibility index (Phi) is 6.12. The van der Waals surface area contributed by atoms with Gasteiger partial charge in [-0.1, -0.05) is 6.07 Å². The molecule has 1 saturated heterocycles. The van der Waals surface area contributed by atoms with Crippen LogP contribution in [0.2, 0.25) is 0 Å². The number of benzene rings is 1. The highest BCUT2D eigenvalue weighted by molar-refractivity contribution is 9.10. The number of aromatic nitrogens is 1. The van der Waals surface area contributed by atoms with E-state index in [9.17, 15) is 4.79 Å². The Labute approximate surface area is 173 Å². The molecule has 1 atom stereocenters. The lowest BCUT2D eigenvalue weighted by Crippen LogP contribution is -2.41. The van der Waals surface area contributed by atoms with E-state index in [1.54, 1.807) is 6.20 Å². The van der Waals surface area contributed by atoms with Crippen LogP contribution in [0.4, 0.5) is 5.82 Å². The second kappa shape index (κ2) is 8.92. The fraction of sp³-hybridized carbons (Fsp3) is 0.429. The quantitative estimate of drug-likeness (QED) is 0.762. The number of ether oxygens (including phenoxy) is 2. The Morgan fingerprint density at radius 3 is 2.89 bits per heavy atom. The predicted molar refractivity (Wildman–Crippen MR) is 111 cm³/mol. The van der Waals surface area contributed by atoms with Crippen molar-refractivity contribution < 1.29 is 14.3 Å². The molecule has 1 aromatic carbocycles. The van der Waals surface area contributed by atoms with Crippen LogP contribution in [0.3, 0.4) is 0 Å². The van der Waals surface area contributed by atoms with Crippen molar-refractivity contribution in [1.29, 1.82) is 0 Å². The fourth-order valence-electron chi connectivity index (χ4n) is 3.68. The first kappa shape index (κ1) is 19.2. The number of amides is 1. The van der Waals surface area contributed by atoms with Gasteiger partial charge in [0.1, 0.15) is 19.0 Å². The fourth-order valence-corrected chi connectivity index (χ4v) is 3.92. The monoisotopic (exact) mass is 445 g/mol. The molecule has 2 aromatic rings. The summed E-state index contributed by atoms with van der Waals surface area (Å²) in [6.45, 7) is 3.96. The summed E-state index contributed by atoms with van der Waals surface area (Å²) in [5.41, 5.74) is 1.23. The van der Waals surface area contributed by atoms with E-state index < -0.39 is 0 Å². The molecule has 6 nitrogen and oxygen atoms in total. The van der Waals surface area contributed by atoms with E-state index in [0.717, 1.165) is 54.9 Å². The van der Waals surface area contributed by atoms with E-state index in [2.05, 4.69) is 43.3 Å². The lowest BCUT2D eigenvalue weighted by Gasteiger charge is -2.32. The standard InChI is InChI=1S/C21H24BrN3O3/c22-17-4-6-20(23-13-17)24-21(26)16-2-1-8-25(14-16)9-7-15-3-5-18-19(12-15)28-11-10-27-18/h3-6,12-13,16H,1-2,7-11,14H2,(H,23,24,26)/t16-/m0/s1. The van der Waals surface area contributed by atoms with Gasteiger partial charge in [0.2, 0.25) is 5.91 Å². The molecule has 28 heavy (non-hydrogen) atoms. The van der Waals surface area contributed by atoms with Gasteiger partial charge in [0.15, 0.2) is 11.5 Å². The maximum absolute atomic E-state index is 12.6. The first-order valence-electron chi connectivity index (χ1n) is 9.71. The summed E-state index contributed by atoms with van der Waals surface area (Å²) in [5, 5.41) is 2.94. The third-order valence-electron chi connectivity index (χ3n) is 5.18. The summed E-state index contributed by atoms with van der Waals surface area (Å²) in [4.78, 5) is 19.2. The Hall–Kier alpha value is -2.12. The molecule has 0 radical (unpaired) electrons. The number of piperidine rings is 1. The van der Waals surface area contributed by atoms with Crippen molar-refractivity contribution in [2.75, 3.05) is 38.2 Å². The van der Waals surface area contributed by atoms with Gasteiger partial charge in [-0.25, -0.2) is 4.98 Å². The summed E-state index contributed by atoms with van der Waals surface area (Å²) >= 11 is 3.36. The van der Waals surface area contributed by atoms with Crippen LogP contribution in [-0.4, -0.2) is 48.6 Å². The molecule has 148 valence electrons. The van der Waals surface area contributed by atoms with Crippen LogP contribution in [0, 0.1) is 5.92 Å². The van der Waals surface area contributed by atoms with E-state index in [4.69, 9.17) is 9.47 Å². The summed E-state index contributed by atoms with van der Waals surface area (Å²) < 4.78 is 12.1. The summed E-state index contributed by atoms with van der Waals surface area (Å²) in [6.07, 6.45) is 4.57. The minimum absolute atomic E-state index is 0.000497. The Balaban J connectivity index is 1.30. The predicted octanol–water partition coefficient (Wildman–Crippen LogP) is 3.51. The van der Waals surface area contributed by atoms with Gasteiger partial charge in [-0.05, 0) is 71.6 Å². The van der Waals surface area contributed by atoms with Crippen LogP contribution >= 0.6 is 15.9 Å². The SMILES string of the molecule is O=C(Nc1ccc(Br)cn1)[C@H]1CCCN(CCc2ccc3c(c2)OCCO3)C1. The van der Waals surface area contributed by atoms with Gasteiger partial charge in [0.05, 0.1) is 5.92 Å². The number of fused-ring (bicyclic) bond motifs is 1. The number of rotatable bonds is 5. The molecule has 0 spiro atoms. The van der Waals surface area contributed by atoms with Crippen molar-refractivity contribution in [2.24, 2.45) is 5.92 Å². The highest BCUT2D eigenvalue weighted by atomic mass is 79.9. The number of hydrogen-bond acceptors (Lipinski definition) is 5. The van der Waals surface area contributed by atoms with Crippen molar-refractivity contribution in [2.45, 2.75) is 19.3 Å². The summed E-state index contributed by atoms with van der Waals surface area (Å²) in [5.74, 6) is 2.31. The van der Waals surface area contributed by atoms with Gasteiger partial charge in [0.25, 0.3) is 0 Å². The summed E-state index contributed by atoms with van der Waals surface area (Å²) in [7, 11) is 0. The molecule has 7 heteroatoms. The van der Waals surface area contributed by atoms with Crippen LogP contribution in [-0.2, 0) is 11.2 Å². The molecule has 1 fully saturated rings. The number of hydrogen-bond donors (Lipinski definition) is 1. The van der Waals surface area contributed by atoms with Crippen molar-refractivity contribution in [1.82, 2.24) is 9.88 Å². The van der Waals surface area contributed by atoms with Gasteiger partial charge in [0, 0.05) is 23.8 Å². The maximum Gasteiger partial charge on any atom is 0.229 e. The highest BCUT2D eigenvalue weighted by Crippen LogP contribution is 2.31. The zero-order valence-electron chi connectivity index (χ0n) is 15.7. The maximum atomic E-state index is 12.6. The third kappa shape index (κ3) is 4.83. The second-order valence-electron chi connectivity index (χ2n) is 7.22. The topological polar surface area (TPSA) is 63.7 Å². The smallest absolute Gasteiger partial charge is 0.229 e. The third-order valence-corrected chi connectivity index (χ3v) is 5.65. The molecule has 0 aliphatic carbocycles. The van der Waals surface area contributed by atoms with Crippen LogP contribution < -0.4 is 14.8 Å². The number of carbonyl (C=O) groups excluding carboxylic acids is 1. The van der Waals surface area contributed by atoms with E-state index in [-0.39, 0.29) is 11.8 Å². The number of pyridine rings is 1. The summed E-state index contributed by atoms with van der Waals surface area (Å²) in [6, 6.07) is 9.85.